The van der Waals surface area contributed by atoms with Gasteiger partial charge in [-0.05, 0) is 99.7 Å². The van der Waals surface area contributed by atoms with Crippen molar-refractivity contribution in [1.29, 1.82) is 0 Å². The second kappa shape index (κ2) is 19.7. The summed E-state index contributed by atoms with van der Waals surface area (Å²) in [7, 11) is 0. The third kappa shape index (κ3) is 9.25. The molecule has 75 heavy (non-hydrogen) atoms. The molecule has 9 aromatic carbocycles. The van der Waals surface area contributed by atoms with Gasteiger partial charge in [0.25, 0.3) is 0 Å². The fraction of sp³-hybridized carbons (Fsp3) is 0.130. The number of aromatic nitrogens is 1. The molecule has 0 saturated carbocycles. The van der Waals surface area contributed by atoms with Crippen molar-refractivity contribution in [2.75, 3.05) is 19.6 Å². The maximum absolute atomic E-state index is 5.36. The first-order valence-electron chi connectivity index (χ1n) is 25.6. The molecule has 0 N–H and O–H groups in total. The predicted octanol–water partition coefficient (Wildman–Crippen LogP) is 18.9. The van der Waals surface area contributed by atoms with Crippen LogP contribution in [0.3, 0.4) is 0 Å². The summed E-state index contributed by atoms with van der Waals surface area (Å²) >= 11 is 0. The van der Waals surface area contributed by atoms with Crippen molar-refractivity contribution in [2.45, 2.75) is 59.3 Å². The van der Waals surface area contributed by atoms with Crippen LogP contribution in [0.4, 0.5) is 57.0 Å². The van der Waals surface area contributed by atoms with Crippen LogP contribution in [0.15, 0.2) is 219 Å². The van der Waals surface area contributed by atoms with E-state index in [1.807, 2.05) is 6.20 Å². The molecule has 0 bridgehead atoms. The summed E-state index contributed by atoms with van der Waals surface area (Å²) in [5, 5.41) is 0. The minimum absolute atomic E-state index is 0. The zero-order valence-electron chi connectivity index (χ0n) is 43.4. The Labute approximate surface area is 457 Å². The van der Waals surface area contributed by atoms with Crippen molar-refractivity contribution in [2.24, 2.45) is 0 Å². The zero-order chi connectivity index (χ0) is 50.7. The van der Waals surface area contributed by atoms with Crippen molar-refractivity contribution in [3.05, 3.63) is 254 Å². The van der Waals surface area contributed by atoms with Crippen LogP contribution in [0.2, 0.25) is 0 Å². The van der Waals surface area contributed by atoms with E-state index in [0.717, 1.165) is 107 Å². The molecule has 0 fully saturated rings. The number of benzene rings is 9. The molecule has 12 rings (SSSR count). The van der Waals surface area contributed by atoms with Crippen LogP contribution in [0.5, 0.6) is 0 Å². The molecule has 6 heteroatoms. The van der Waals surface area contributed by atoms with Crippen LogP contribution in [0, 0.1) is 25.7 Å². The third-order valence-corrected chi connectivity index (χ3v) is 14.5. The smallest absolute Gasteiger partial charge is 0.135 e. The summed E-state index contributed by atoms with van der Waals surface area (Å²) in [5.41, 5.74) is 21.4. The first kappa shape index (κ1) is 49.2. The van der Waals surface area contributed by atoms with Crippen molar-refractivity contribution in [3.63, 3.8) is 0 Å². The minimum Gasteiger partial charge on any atom is -0.493 e. The molecule has 3 heterocycles. The van der Waals surface area contributed by atoms with Gasteiger partial charge >= 0.3 is 0 Å². The van der Waals surface area contributed by atoms with Crippen LogP contribution in [0.1, 0.15) is 58.2 Å². The summed E-state index contributed by atoms with van der Waals surface area (Å²) in [6.07, 6.45) is 2.03. The maximum atomic E-state index is 5.36. The fourth-order valence-corrected chi connectivity index (χ4v) is 10.5. The number of nitrogens with zero attached hydrogens (tertiary/aromatic N) is 5. The van der Waals surface area contributed by atoms with Crippen LogP contribution in [-0.4, -0.2) is 4.98 Å². The Bertz CT molecular complexity index is 3690. The molecule has 1 aromatic heterocycles. The molecule has 0 radical (unpaired) electrons. The molecule has 0 aliphatic carbocycles. The molecule has 0 unspecified atom stereocenters. The SMILES string of the molecule is Cc1cc(N2c3[c-]c(N(c4[c-]c(N5[CH-]N(c6ccc(C(C)(C)C)cc6)c6ccccc65)cc(C(C)(C)C)c4)c4ccccc4)ccc3-c3ccccc3-c3ccc(-c4ccccc4)cc32)ncc1-c1ccccc1.[Pt]. The van der Waals surface area contributed by atoms with Gasteiger partial charge in [0, 0.05) is 61.1 Å². The summed E-state index contributed by atoms with van der Waals surface area (Å²) in [4.78, 5) is 14.6. The van der Waals surface area contributed by atoms with Crippen LogP contribution < -0.4 is 19.6 Å². The number of aryl methyl sites for hydroxylation is 1. The molecule has 0 saturated heterocycles. The van der Waals surface area contributed by atoms with E-state index < -0.39 is 0 Å². The van der Waals surface area contributed by atoms with Gasteiger partial charge in [-0.2, -0.15) is 6.07 Å². The molecule has 5 nitrogen and oxygen atoms in total. The monoisotopic (exact) mass is 1150 g/mol. The van der Waals surface area contributed by atoms with E-state index in [-0.39, 0.29) is 31.9 Å². The number of hydrogen-bond donors (Lipinski definition) is 0. The van der Waals surface area contributed by atoms with Gasteiger partial charge in [-0.1, -0.05) is 204 Å². The van der Waals surface area contributed by atoms with Gasteiger partial charge in [-0.15, -0.1) is 53.8 Å². The maximum Gasteiger partial charge on any atom is 0.135 e. The molecule has 2 aliphatic rings. The van der Waals surface area contributed by atoms with Gasteiger partial charge in [0.05, 0.1) is 5.69 Å². The summed E-state index contributed by atoms with van der Waals surface area (Å²) in [5.74, 6) is 0.812. The van der Waals surface area contributed by atoms with Crippen molar-refractivity contribution in [3.8, 4) is 44.5 Å². The largest absolute Gasteiger partial charge is 0.493 e. The Balaban J connectivity index is 0.00000602. The number of pyridine rings is 1. The Morgan fingerprint density at radius 3 is 1.69 bits per heavy atom. The van der Waals surface area contributed by atoms with Crippen LogP contribution in [-0.2, 0) is 31.9 Å². The minimum atomic E-state index is -0.198. The summed E-state index contributed by atoms with van der Waals surface area (Å²) < 4.78 is 0. The zero-order valence-corrected chi connectivity index (χ0v) is 45.7. The number of para-hydroxylation sites is 3. The van der Waals surface area contributed by atoms with E-state index in [2.05, 4.69) is 299 Å². The molecule has 0 spiro atoms. The molecule has 0 amide bonds. The van der Waals surface area contributed by atoms with Gasteiger partial charge in [0.15, 0.2) is 0 Å². The van der Waals surface area contributed by atoms with Gasteiger partial charge in [-0.25, -0.2) is 4.98 Å². The molecule has 372 valence electrons. The van der Waals surface area contributed by atoms with Crippen LogP contribution in [0.25, 0.3) is 44.5 Å². The molecule has 10 aromatic rings. The third-order valence-electron chi connectivity index (χ3n) is 14.5. The Morgan fingerprint density at radius 2 is 1.04 bits per heavy atom. The Kier molecular flexibility index (Phi) is 12.9. The topological polar surface area (TPSA) is 25.9 Å². The molecule has 0 atom stereocenters. The van der Waals surface area contributed by atoms with E-state index in [1.165, 1.54) is 11.1 Å². The normalized spacial score (nSPS) is 12.8. The number of fused-ring (bicyclic) bond motifs is 6. The second-order valence-corrected chi connectivity index (χ2v) is 21.5. The van der Waals surface area contributed by atoms with E-state index in [1.54, 1.807) is 0 Å². The average molecular weight is 1150 g/mol. The fourth-order valence-electron chi connectivity index (χ4n) is 10.5. The van der Waals surface area contributed by atoms with Gasteiger partial charge in [0.2, 0.25) is 0 Å². The van der Waals surface area contributed by atoms with Crippen molar-refractivity contribution < 1.29 is 21.1 Å². The standard InChI is InChI=1S/C69H58N5.Pt/c1-47-39-67(70-45-62(47)49-23-13-9-14-24-49)74-65-40-50(48-21-11-8-12-22-48)31-37-60(65)58-27-17-18-28-59(58)61-38-36-55(44-66(61)74)73(54-25-15-10-16-26-54)57-42-52(69(5,6)7)41-56(43-57)72-46-71(63-29-19-20-30-64(63)72)53-34-32-51(33-35-53)68(2,3)4;/h8-42,45-46H,1-7H3;/q-3;. The molecular weight excluding hydrogens is 1090 g/mol. The predicted molar refractivity (Wildman–Crippen MR) is 310 cm³/mol. The quantitative estimate of drug-likeness (QED) is 0.141. The van der Waals surface area contributed by atoms with E-state index in [0.29, 0.717) is 0 Å². The van der Waals surface area contributed by atoms with Gasteiger partial charge in [-0.3, -0.25) is 0 Å². The second-order valence-electron chi connectivity index (χ2n) is 21.5. The number of rotatable bonds is 8. The van der Waals surface area contributed by atoms with Crippen molar-refractivity contribution >= 4 is 57.0 Å². The Hall–Kier alpha value is -7.98. The average Bonchev–Trinajstić information content (AvgIpc) is 3.77. The molecular formula is C69H58N5Pt-3. The Morgan fingerprint density at radius 1 is 0.453 bits per heavy atom. The number of anilines is 10. The number of hydrogen-bond acceptors (Lipinski definition) is 5. The van der Waals surface area contributed by atoms with Crippen molar-refractivity contribution in [1.82, 2.24) is 4.98 Å². The van der Waals surface area contributed by atoms with E-state index in [4.69, 9.17) is 4.98 Å². The van der Waals surface area contributed by atoms with E-state index >= 15 is 0 Å². The first-order valence-corrected chi connectivity index (χ1v) is 25.6. The van der Waals surface area contributed by atoms with E-state index in [9.17, 15) is 0 Å². The van der Waals surface area contributed by atoms with Crippen LogP contribution >= 0.6 is 0 Å². The first-order chi connectivity index (χ1) is 35.9. The van der Waals surface area contributed by atoms with Gasteiger partial charge in [0.1, 0.15) is 5.82 Å². The summed E-state index contributed by atoms with van der Waals surface area (Å²) in [6.45, 7) is 18.1. The summed E-state index contributed by atoms with van der Waals surface area (Å²) in [6, 6.07) is 84.6. The van der Waals surface area contributed by atoms with Gasteiger partial charge < -0.3 is 19.6 Å². The molecule has 2 aliphatic heterocycles.